The van der Waals surface area contributed by atoms with Gasteiger partial charge in [0.2, 0.25) is 0 Å². The van der Waals surface area contributed by atoms with Crippen molar-refractivity contribution in [3.63, 3.8) is 0 Å². The van der Waals surface area contributed by atoms with Crippen LogP contribution in [0.15, 0.2) is 24.3 Å². The third-order valence-corrected chi connectivity index (χ3v) is 2.17. The van der Waals surface area contributed by atoms with Crippen LogP contribution < -0.4 is 0 Å². The standard InChI is InChI=1S/C12H16O/c1-3-11-5-4-6-12(9-11)8-7-10(2)13/h4-6,9H,3,7-8H2,1-2H3. The lowest BCUT2D eigenvalue weighted by molar-refractivity contribution is -0.116. The number of benzene rings is 1. The number of rotatable bonds is 4. The Morgan fingerprint density at radius 3 is 2.62 bits per heavy atom. The van der Waals surface area contributed by atoms with E-state index in [1.807, 2.05) is 0 Å². The Hall–Kier alpha value is -1.11. The largest absolute Gasteiger partial charge is 0.300 e. The van der Waals surface area contributed by atoms with E-state index in [4.69, 9.17) is 0 Å². The fraction of sp³-hybridized carbons (Fsp3) is 0.417. The molecule has 0 unspecified atom stereocenters. The maximum absolute atomic E-state index is 10.8. The minimum absolute atomic E-state index is 0.266. The molecule has 0 amide bonds. The van der Waals surface area contributed by atoms with Crippen molar-refractivity contribution in [1.29, 1.82) is 0 Å². The second kappa shape index (κ2) is 4.80. The highest BCUT2D eigenvalue weighted by Crippen LogP contribution is 2.08. The number of aryl methyl sites for hydroxylation is 2. The zero-order valence-electron chi connectivity index (χ0n) is 8.34. The Morgan fingerprint density at radius 1 is 1.31 bits per heavy atom. The van der Waals surface area contributed by atoms with Crippen LogP contribution in [0.5, 0.6) is 0 Å². The van der Waals surface area contributed by atoms with Crippen molar-refractivity contribution in [3.8, 4) is 0 Å². The van der Waals surface area contributed by atoms with Crippen LogP contribution >= 0.6 is 0 Å². The maximum Gasteiger partial charge on any atom is 0.130 e. The number of Topliss-reactive ketones (excluding diaryl/α,β-unsaturated/α-hetero) is 1. The smallest absolute Gasteiger partial charge is 0.130 e. The number of hydrogen-bond donors (Lipinski definition) is 0. The summed E-state index contributed by atoms with van der Waals surface area (Å²) in [5, 5.41) is 0. The van der Waals surface area contributed by atoms with Crippen molar-refractivity contribution < 1.29 is 4.79 Å². The van der Waals surface area contributed by atoms with Crippen LogP contribution in [0.25, 0.3) is 0 Å². The van der Waals surface area contributed by atoms with E-state index in [0.29, 0.717) is 6.42 Å². The van der Waals surface area contributed by atoms with Crippen LogP contribution in [0.1, 0.15) is 31.4 Å². The third kappa shape index (κ3) is 3.41. The van der Waals surface area contributed by atoms with Crippen molar-refractivity contribution >= 4 is 5.78 Å². The Morgan fingerprint density at radius 2 is 2.00 bits per heavy atom. The van der Waals surface area contributed by atoms with E-state index in [2.05, 4.69) is 31.2 Å². The Bertz CT molecular complexity index is 289. The van der Waals surface area contributed by atoms with E-state index in [9.17, 15) is 4.79 Å². The topological polar surface area (TPSA) is 17.1 Å². The van der Waals surface area contributed by atoms with Crippen LogP contribution in [-0.2, 0) is 17.6 Å². The fourth-order valence-electron chi connectivity index (χ4n) is 1.33. The van der Waals surface area contributed by atoms with Crippen molar-refractivity contribution in [2.75, 3.05) is 0 Å². The minimum atomic E-state index is 0.266. The van der Waals surface area contributed by atoms with Gasteiger partial charge in [-0.15, -0.1) is 0 Å². The highest BCUT2D eigenvalue weighted by molar-refractivity contribution is 5.75. The Kier molecular flexibility index (Phi) is 3.69. The van der Waals surface area contributed by atoms with Crippen LogP contribution in [0.2, 0.25) is 0 Å². The molecule has 0 atom stereocenters. The molecule has 0 aliphatic rings. The summed E-state index contributed by atoms with van der Waals surface area (Å²) in [6, 6.07) is 8.45. The average molecular weight is 176 g/mol. The fourth-order valence-corrected chi connectivity index (χ4v) is 1.33. The Labute approximate surface area is 79.8 Å². The van der Waals surface area contributed by atoms with Gasteiger partial charge in [0.15, 0.2) is 0 Å². The molecule has 0 saturated heterocycles. The van der Waals surface area contributed by atoms with Crippen LogP contribution in [0.4, 0.5) is 0 Å². The van der Waals surface area contributed by atoms with E-state index >= 15 is 0 Å². The molecule has 1 nitrogen and oxygen atoms in total. The molecular weight excluding hydrogens is 160 g/mol. The van der Waals surface area contributed by atoms with Gasteiger partial charge < -0.3 is 4.79 Å². The lowest BCUT2D eigenvalue weighted by Gasteiger charge is -2.01. The second-order valence-corrected chi connectivity index (χ2v) is 3.38. The summed E-state index contributed by atoms with van der Waals surface area (Å²) >= 11 is 0. The second-order valence-electron chi connectivity index (χ2n) is 3.38. The lowest BCUT2D eigenvalue weighted by atomic mass is 10.0. The van der Waals surface area contributed by atoms with E-state index in [1.54, 1.807) is 6.92 Å². The highest BCUT2D eigenvalue weighted by Gasteiger charge is 1.97. The van der Waals surface area contributed by atoms with Crippen molar-refractivity contribution in [2.24, 2.45) is 0 Å². The van der Waals surface area contributed by atoms with Gasteiger partial charge >= 0.3 is 0 Å². The molecule has 0 bridgehead atoms. The van der Waals surface area contributed by atoms with E-state index in [-0.39, 0.29) is 5.78 Å². The van der Waals surface area contributed by atoms with Gasteiger partial charge in [0.25, 0.3) is 0 Å². The summed E-state index contributed by atoms with van der Waals surface area (Å²) in [6.45, 7) is 3.79. The highest BCUT2D eigenvalue weighted by atomic mass is 16.1. The molecule has 0 heterocycles. The molecule has 1 heteroatoms. The quantitative estimate of drug-likeness (QED) is 0.689. The van der Waals surface area contributed by atoms with E-state index < -0.39 is 0 Å². The number of carbonyl (C=O) groups is 1. The van der Waals surface area contributed by atoms with Gasteiger partial charge in [-0.1, -0.05) is 31.2 Å². The number of hydrogen-bond acceptors (Lipinski definition) is 1. The normalized spacial score (nSPS) is 10.0. The summed E-state index contributed by atoms with van der Waals surface area (Å²) in [6.07, 6.45) is 2.60. The summed E-state index contributed by atoms with van der Waals surface area (Å²) in [4.78, 5) is 10.8. The van der Waals surface area contributed by atoms with Gasteiger partial charge in [-0.2, -0.15) is 0 Å². The molecule has 70 valence electrons. The molecule has 1 aromatic rings. The molecular formula is C12H16O. The average Bonchev–Trinajstić information content (AvgIpc) is 2.15. The van der Waals surface area contributed by atoms with Gasteiger partial charge in [0.1, 0.15) is 5.78 Å². The summed E-state index contributed by atoms with van der Waals surface area (Å²) in [5.41, 5.74) is 2.62. The molecule has 0 saturated carbocycles. The molecule has 0 radical (unpaired) electrons. The molecule has 1 aromatic carbocycles. The van der Waals surface area contributed by atoms with Crippen LogP contribution in [0, 0.1) is 0 Å². The molecule has 0 spiro atoms. The van der Waals surface area contributed by atoms with Crippen molar-refractivity contribution in [2.45, 2.75) is 33.1 Å². The zero-order chi connectivity index (χ0) is 9.68. The molecule has 0 aliphatic carbocycles. The first-order valence-electron chi connectivity index (χ1n) is 4.79. The summed E-state index contributed by atoms with van der Waals surface area (Å²) in [5.74, 6) is 0.266. The molecule has 0 fully saturated rings. The first-order valence-corrected chi connectivity index (χ1v) is 4.79. The van der Waals surface area contributed by atoms with Gasteiger partial charge in [-0.05, 0) is 30.9 Å². The zero-order valence-corrected chi connectivity index (χ0v) is 8.34. The van der Waals surface area contributed by atoms with Gasteiger partial charge in [0.05, 0.1) is 0 Å². The molecule has 1 rings (SSSR count). The summed E-state index contributed by atoms with van der Waals surface area (Å²) < 4.78 is 0. The molecule has 13 heavy (non-hydrogen) atoms. The van der Waals surface area contributed by atoms with E-state index in [1.165, 1.54) is 11.1 Å². The summed E-state index contributed by atoms with van der Waals surface area (Å²) in [7, 11) is 0. The predicted molar refractivity (Wildman–Crippen MR) is 54.8 cm³/mol. The number of ketones is 1. The maximum atomic E-state index is 10.8. The minimum Gasteiger partial charge on any atom is -0.300 e. The molecule has 0 aliphatic heterocycles. The van der Waals surface area contributed by atoms with Gasteiger partial charge in [0, 0.05) is 6.42 Å². The van der Waals surface area contributed by atoms with Gasteiger partial charge in [-0.3, -0.25) is 0 Å². The SMILES string of the molecule is CCc1cccc(CCC(C)=O)c1. The van der Waals surface area contributed by atoms with Crippen LogP contribution in [0.3, 0.4) is 0 Å². The van der Waals surface area contributed by atoms with Crippen molar-refractivity contribution in [3.05, 3.63) is 35.4 Å². The Balaban J connectivity index is 2.61. The third-order valence-electron chi connectivity index (χ3n) is 2.17. The molecule has 0 N–H and O–H groups in total. The van der Waals surface area contributed by atoms with Crippen molar-refractivity contribution in [1.82, 2.24) is 0 Å². The van der Waals surface area contributed by atoms with Crippen LogP contribution in [-0.4, -0.2) is 5.78 Å². The monoisotopic (exact) mass is 176 g/mol. The van der Waals surface area contributed by atoms with Gasteiger partial charge in [-0.25, -0.2) is 0 Å². The predicted octanol–water partition coefficient (Wildman–Crippen LogP) is 2.77. The lowest BCUT2D eigenvalue weighted by Crippen LogP contribution is -1.94. The number of carbonyl (C=O) groups excluding carboxylic acids is 1. The van der Waals surface area contributed by atoms with E-state index in [0.717, 1.165) is 12.8 Å². The first-order chi connectivity index (χ1) is 6.22. The first kappa shape index (κ1) is 9.97. The molecule has 0 aromatic heterocycles.